The summed E-state index contributed by atoms with van der Waals surface area (Å²) in [5.41, 5.74) is 0. The SMILES string of the molecule is O=C(O)CCCCCCCCCCC[PH](c1ccccc1)(c1ccccc1)c1ccccc1. The fourth-order valence-corrected chi connectivity index (χ4v) is 9.94. The molecule has 0 aliphatic rings. The molecule has 0 amide bonds. The molecule has 0 spiro atoms. The summed E-state index contributed by atoms with van der Waals surface area (Å²) in [6, 6.07) is 33.6. The first kappa shape index (κ1) is 25.2. The van der Waals surface area contributed by atoms with Crippen molar-refractivity contribution >= 4 is 29.1 Å². The normalized spacial score (nSPS) is 11.9. The van der Waals surface area contributed by atoms with Gasteiger partial charge in [0.25, 0.3) is 0 Å². The molecule has 0 saturated carbocycles. The van der Waals surface area contributed by atoms with Crippen LogP contribution in [-0.4, -0.2) is 17.2 Å². The van der Waals surface area contributed by atoms with Gasteiger partial charge in [-0.25, -0.2) is 0 Å². The molecule has 3 aromatic rings. The Balaban J connectivity index is 1.60. The Morgan fingerprint density at radius 3 is 1.21 bits per heavy atom. The molecule has 3 rings (SSSR count). The number of aliphatic carboxylic acids is 1. The second-order valence-electron chi connectivity index (χ2n) is 9.08. The quantitative estimate of drug-likeness (QED) is 0.202. The van der Waals surface area contributed by atoms with Crippen LogP contribution >= 0.6 is 7.26 Å². The third-order valence-electron chi connectivity index (χ3n) is 6.74. The fourth-order valence-electron chi connectivity index (χ4n) is 5.00. The Bertz CT molecular complexity index is 829. The maximum atomic E-state index is 10.6. The predicted molar refractivity (Wildman–Crippen MR) is 145 cm³/mol. The molecule has 0 aromatic heterocycles. The summed E-state index contributed by atoms with van der Waals surface area (Å²) in [5.74, 6) is -0.670. The molecule has 0 radical (unpaired) electrons. The second-order valence-corrected chi connectivity index (χ2v) is 13.1. The molecular formula is C30H39O2P. The van der Waals surface area contributed by atoms with E-state index in [4.69, 9.17) is 5.11 Å². The fraction of sp³-hybridized carbons (Fsp3) is 0.367. The van der Waals surface area contributed by atoms with Crippen molar-refractivity contribution in [2.45, 2.75) is 64.2 Å². The van der Waals surface area contributed by atoms with Crippen LogP contribution in [0.3, 0.4) is 0 Å². The van der Waals surface area contributed by atoms with E-state index in [9.17, 15) is 4.79 Å². The van der Waals surface area contributed by atoms with E-state index < -0.39 is 13.2 Å². The monoisotopic (exact) mass is 462 g/mol. The number of carboxylic acids is 1. The molecule has 2 nitrogen and oxygen atoms in total. The third kappa shape index (κ3) is 7.54. The van der Waals surface area contributed by atoms with Crippen molar-refractivity contribution in [2.24, 2.45) is 0 Å². The summed E-state index contributed by atoms with van der Waals surface area (Å²) in [4.78, 5) is 10.6. The van der Waals surface area contributed by atoms with Crippen molar-refractivity contribution in [3.8, 4) is 0 Å². The van der Waals surface area contributed by atoms with Crippen LogP contribution in [0.15, 0.2) is 91.0 Å². The molecule has 0 aliphatic heterocycles. The van der Waals surface area contributed by atoms with Gasteiger partial charge in [-0.2, -0.15) is 0 Å². The van der Waals surface area contributed by atoms with E-state index in [0.29, 0.717) is 6.42 Å². The topological polar surface area (TPSA) is 37.3 Å². The molecule has 176 valence electrons. The van der Waals surface area contributed by atoms with Gasteiger partial charge in [0.05, 0.1) is 0 Å². The van der Waals surface area contributed by atoms with Crippen molar-refractivity contribution in [1.29, 1.82) is 0 Å². The minimum absolute atomic E-state index is 0.315. The molecule has 1 N–H and O–H groups in total. The number of hydrogen-bond donors (Lipinski definition) is 1. The first-order chi connectivity index (χ1) is 16.2. The van der Waals surface area contributed by atoms with Gasteiger partial charge in [-0.1, -0.05) is 0 Å². The Morgan fingerprint density at radius 2 is 0.848 bits per heavy atom. The summed E-state index contributed by atoms with van der Waals surface area (Å²) < 4.78 is 0. The van der Waals surface area contributed by atoms with Gasteiger partial charge in [-0.05, 0) is 0 Å². The Morgan fingerprint density at radius 1 is 0.515 bits per heavy atom. The van der Waals surface area contributed by atoms with Gasteiger partial charge in [0, 0.05) is 0 Å². The summed E-state index contributed by atoms with van der Waals surface area (Å²) >= 11 is 0. The van der Waals surface area contributed by atoms with Crippen LogP contribution in [0.5, 0.6) is 0 Å². The van der Waals surface area contributed by atoms with Crippen molar-refractivity contribution in [2.75, 3.05) is 6.16 Å². The molecule has 0 saturated heterocycles. The number of carboxylic acid groups (broad SMARTS) is 1. The minimum atomic E-state index is -2.07. The molecule has 0 aliphatic carbocycles. The van der Waals surface area contributed by atoms with E-state index >= 15 is 0 Å². The molecule has 33 heavy (non-hydrogen) atoms. The van der Waals surface area contributed by atoms with Gasteiger partial charge in [0.2, 0.25) is 0 Å². The van der Waals surface area contributed by atoms with Gasteiger partial charge < -0.3 is 5.11 Å². The number of carbonyl (C=O) groups is 1. The summed E-state index contributed by atoms with van der Waals surface area (Å²) in [7, 11) is -2.07. The Hall–Kier alpha value is -2.44. The van der Waals surface area contributed by atoms with Crippen LogP contribution < -0.4 is 15.9 Å². The number of rotatable bonds is 15. The van der Waals surface area contributed by atoms with Crippen LogP contribution in [0.25, 0.3) is 0 Å². The van der Waals surface area contributed by atoms with Crippen LogP contribution in [-0.2, 0) is 4.79 Å². The summed E-state index contributed by atoms with van der Waals surface area (Å²) in [5, 5.41) is 13.2. The van der Waals surface area contributed by atoms with Crippen LogP contribution in [0.2, 0.25) is 0 Å². The van der Waals surface area contributed by atoms with Crippen molar-refractivity contribution in [3.05, 3.63) is 91.0 Å². The average Bonchev–Trinajstić information content (AvgIpc) is 2.86. The van der Waals surface area contributed by atoms with Gasteiger partial charge in [0.1, 0.15) is 0 Å². The van der Waals surface area contributed by atoms with E-state index in [2.05, 4.69) is 91.0 Å². The molecule has 3 heteroatoms. The predicted octanol–water partition coefficient (Wildman–Crippen LogP) is 6.70. The van der Waals surface area contributed by atoms with E-state index in [0.717, 1.165) is 12.8 Å². The molecule has 0 unspecified atom stereocenters. The molecule has 0 bridgehead atoms. The standard InChI is InChI=1S/C30H39O2P/c31-30(32)25-17-6-4-2-1-3-5-7-18-26-33(27-19-11-8-12-20-27,28-21-13-9-14-22-28)29-23-15-10-16-24-29/h8-16,19-24,33H,1-7,17-18,25-26H2,(H,31,32). The summed E-state index contributed by atoms with van der Waals surface area (Å²) in [6.45, 7) is 0. The molecular weight excluding hydrogens is 423 g/mol. The zero-order chi connectivity index (χ0) is 23.2. The van der Waals surface area contributed by atoms with Gasteiger partial charge in [-0.3, -0.25) is 4.79 Å². The van der Waals surface area contributed by atoms with E-state index in [1.807, 2.05) is 0 Å². The number of hydrogen-bond acceptors (Lipinski definition) is 1. The molecule has 0 fully saturated rings. The molecule has 3 aromatic carbocycles. The van der Waals surface area contributed by atoms with E-state index in [-0.39, 0.29) is 0 Å². The first-order valence-corrected chi connectivity index (χ1v) is 14.8. The Labute approximate surface area is 200 Å². The van der Waals surface area contributed by atoms with Crippen LogP contribution in [0.4, 0.5) is 0 Å². The number of unbranched alkanes of at least 4 members (excludes halogenated alkanes) is 8. The third-order valence-corrected chi connectivity index (χ3v) is 11.8. The first-order valence-electron chi connectivity index (χ1n) is 12.6. The van der Waals surface area contributed by atoms with E-state index in [1.54, 1.807) is 0 Å². The molecule has 0 heterocycles. The van der Waals surface area contributed by atoms with Crippen LogP contribution in [0, 0.1) is 0 Å². The average molecular weight is 463 g/mol. The number of benzene rings is 3. The molecule has 0 atom stereocenters. The van der Waals surface area contributed by atoms with Gasteiger partial charge >= 0.3 is 191 Å². The van der Waals surface area contributed by atoms with Gasteiger partial charge in [-0.15, -0.1) is 0 Å². The maximum absolute atomic E-state index is 10.6. The summed E-state index contributed by atoms with van der Waals surface area (Å²) in [6.07, 6.45) is 12.2. The van der Waals surface area contributed by atoms with E-state index in [1.165, 1.54) is 67.0 Å². The van der Waals surface area contributed by atoms with Crippen molar-refractivity contribution in [3.63, 3.8) is 0 Å². The van der Waals surface area contributed by atoms with Crippen molar-refractivity contribution in [1.82, 2.24) is 0 Å². The zero-order valence-electron chi connectivity index (χ0n) is 19.8. The second kappa shape index (κ2) is 14.0. The Kier molecular flexibility index (Phi) is 10.7. The van der Waals surface area contributed by atoms with Crippen LogP contribution in [0.1, 0.15) is 64.2 Å². The zero-order valence-corrected chi connectivity index (χ0v) is 20.8. The van der Waals surface area contributed by atoms with Crippen molar-refractivity contribution < 1.29 is 9.90 Å². The van der Waals surface area contributed by atoms with Gasteiger partial charge in [0.15, 0.2) is 0 Å².